The number of rotatable bonds is 5. The van der Waals surface area contributed by atoms with Gasteiger partial charge in [-0.2, -0.15) is 13.2 Å². The van der Waals surface area contributed by atoms with E-state index in [1.165, 1.54) is 6.26 Å². The van der Waals surface area contributed by atoms with Crippen molar-refractivity contribution in [1.29, 1.82) is 0 Å². The summed E-state index contributed by atoms with van der Waals surface area (Å²) in [5.74, 6) is 0.617. The minimum atomic E-state index is -4.56. The second-order valence-electron chi connectivity index (χ2n) is 4.30. The van der Waals surface area contributed by atoms with Gasteiger partial charge in [-0.3, -0.25) is 4.90 Å². The third-order valence-electron chi connectivity index (χ3n) is 2.79. The van der Waals surface area contributed by atoms with Crippen LogP contribution in [0.1, 0.15) is 18.6 Å². The van der Waals surface area contributed by atoms with Crippen LogP contribution in [0.5, 0.6) is 0 Å². The summed E-state index contributed by atoms with van der Waals surface area (Å²) in [6, 6.07) is 3.55. The van der Waals surface area contributed by atoms with Crippen molar-refractivity contribution >= 4 is 0 Å². The van der Waals surface area contributed by atoms with E-state index in [-0.39, 0.29) is 6.04 Å². The lowest BCUT2D eigenvalue weighted by Crippen LogP contribution is -2.41. The van der Waals surface area contributed by atoms with Crippen LogP contribution < -0.4 is 0 Å². The molecule has 0 spiro atoms. The van der Waals surface area contributed by atoms with E-state index in [0.29, 0.717) is 12.3 Å². The van der Waals surface area contributed by atoms with E-state index in [1.807, 2.05) is 0 Å². The largest absolute Gasteiger partial charge is 0.468 e. The molecule has 17 heavy (non-hydrogen) atoms. The molecule has 1 aromatic rings. The van der Waals surface area contributed by atoms with Crippen LogP contribution in [-0.4, -0.2) is 34.9 Å². The Labute approximate surface area is 96.8 Å². The second-order valence-corrected chi connectivity index (χ2v) is 4.30. The second kappa shape index (κ2) is 4.70. The van der Waals surface area contributed by atoms with Gasteiger partial charge in [0.15, 0.2) is 6.10 Å². The molecule has 1 aliphatic rings. The first kappa shape index (κ1) is 12.4. The van der Waals surface area contributed by atoms with Crippen molar-refractivity contribution in [2.45, 2.75) is 37.7 Å². The highest BCUT2D eigenvalue weighted by molar-refractivity contribution is 5.00. The molecule has 0 bridgehead atoms. The summed E-state index contributed by atoms with van der Waals surface area (Å²) in [7, 11) is 0. The quantitative estimate of drug-likeness (QED) is 0.868. The maximum Gasteiger partial charge on any atom is 0.415 e. The molecule has 1 atom stereocenters. The van der Waals surface area contributed by atoms with Crippen LogP contribution in [0.25, 0.3) is 0 Å². The van der Waals surface area contributed by atoms with Crippen molar-refractivity contribution in [1.82, 2.24) is 4.90 Å². The van der Waals surface area contributed by atoms with Crippen molar-refractivity contribution in [2.24, 2.45) is 0 Å². The maximum absolute atomic E-state index is 12.3. The molecule has 0 saturated heterocycles. The van der Waals surface area contributed by atoms with Gasteiger partial charge in [0.1, 0.15) is 5.76 Å². The van der Waals surface area contributed by atoms with Crippen LogP contribution in [0.3, 0.4) is 0 Å². The molecule has 2 rings (SSSR count). The number of aliphatic hydroxyl groups excluding tert-OH is 1. The third-order valence-corrected chi connectivity index (χ3v) is 2.79. The first-order chi connectivity index (χ1) is 7.97. The van der Waals surface area contributed by atoms with Gasteiger partial charge in [0.2, 0.25) is 0 Å². The van der Waals surface area contributed by atoms with E-state index in [2.05, 4.69) is 0 Å². The van der Waals surface area contributed by atoms with Crippen LogP contribution in [0.2, 0.25) is 0 Å². The molecule has 1 heterocycles. The topological polar surface area (TPSA) is 36.6 Å². The van der Waals surface area contributed by atoms with E-state index < -0.39 is 18.8 Å². The summed E-state index contributed by atoms with van der Waals surface area (Å²) < 4.78 is 41.9. The van der Waals surface area contributed by atoms with Gasteiger partial charge in [0.25, 0.3) is 0 Å². The Morgan fingerprint density at radius 1 is 1.47 bits per heavy atom. The standard InChI is InChI=1S/C11H14F3NO2/c12-11(13,14)10(16)7-15(8-3-4-8)6-9-2-1-5-17-9/h1-2,5,8,10,16H,3-4,6-7H2. The lowest BCUT2D eigenvalue weighted by atomic mass is 10.3. The Kier molecular flexibility index (Phi) is 3.44. The Morgan fingerprint density at radius 2 is 2.18 bits per heavy atom. The van der Waals surface area contributed by atoms with E-state index in [0.717, 1.165) is 12.8 Å². The number of halogens is 3. The number of alkyl halides is 3. The zero-order valence-corrected chi connectivity index (χ0v) is 9.15. The van der Waals surface area contributed by atoms with Crippen LogP contribution in [0, 0.1) is 0 Å². The minimum absolute atomic E-state index is 0.136. The van der Waals surface area contributed by atoms with Crippen LogP contribution >= 0.6 is 0 Å². The minimum Gasteiger partial charge on any atom is -0.468 e. The van der Waals surface area contributed by atoms with Gasteiger partial charge in [-0.25, -0.2) is 0 Å². The smallest absolute Gasteiger partial charge is 0.415 e. The Hall–Kier alpha value is -1.01. The van der Waals surface area contributed by atoms with Crippen molar-refractivity contribution in [3.8, 4) is 0 Å². The first-order valence-electron chi connectivity index (χ1n) is 5.48. The summed E-state index contributed by atoms with van der Waals surface area (Å²) in [5, 5.41) is 9.06. The van der Waals surface area contributed by atoms with Gasteiger partial charge in [-0.15, -0.1) is 0 Å². The fraction of sp³-hybridized carbons (Fsp3) is 0.636. The molecule has 6 heteroatoms. The lowest BCUT2D eigenvalue weighted by Gasteiger charge is -2.25. The van der Waals surface area contributed by atoms with E-state index in [9.17, 15) is 13.2 Å². The molecule has 1 N–H and O–H groups in total. The molecule has 1 aromatic heterocycles. The Morgan fingerprint density at radius 3 is 2.65 bits per heavy atom. The molecule has 0 radical (unpaired) electrons. The number of hydrogen-bond acceptors (Lipinski definition) is 3. The van der Waals surface area contributed by atoms with Gasteiger partial charge in [0, 0.05) is 12.6 Å². The summed E-state index contributed by atoms with van der Waals surface area (Å²) in [6.45, 7) is -0.0837. The van der Waals surface area contributed by atoms with E-state index >= 15 is 0 Å². The van der Waals surface area contributed by atoms with Crippen LogP contribution in [0.4, 0.5) is 13.2 Å². The van der Waals surface area contributed by atoms with E-state index in [1.54, 1.807) is 17.0 Å². The predicted molar refractivity (Wildman–Crippen MR) is 54.2 cm³/mol. The van der Waals surface area contributed by atoms with Crippen LogP contribution in [-0.2, 0) is 6.54 Å². The molecule has 96 valence electrons. The third kappa shape index (κ3) is 3.47. The van der Waals surface area contributed by atoms with E-state index in [4.69, 9.17) is 9.52 Å². The fourth-order valence-electron chi connectivity index (χ4n) is 1.71. The SMILES string of the molecule is OC(CN(Cc1ccco1)C1CC1)C(F)(F)F. The normalized spacial score (nSPS) is 18.6. The lowest BCUT2D eigenvalue weighted by molar-refractivity contribution is -0.209. The molecular weight excluding hydrogens is 235 g/mol. The average molecular weight is 249 g/mol. The molecule has 1 fully saturated rings. The van der Waals surface area contributed by atoms with Gasteiger partial charge in [-0.05, 0) is 25.0 Å². The van der Waals surface area contributed by atoms with Crippen molar-refractivity contribution in [3.63, 3.8) is 0 Å². The Bertz CT molecular complexity index is 346. The summed E-state index contributed by atoms with van der Waals surface area (Å²) >= 11 is 0. The molecule has 0 amide bonds. The Balaban J connectivity index is 1.94. The van der Waals surface area contributed by atoms with Crippen LogP contribution in [0.15, 0.2) is 22.8 Å². The molecule has 1 unspecified atom stereocenters. The highest BCUT2D eigenvalue weighted by Crippen LogP contribution is 2.30. The number of nitrogens with zero attached hydrogens (tertiary/aromatic N) is 1. The van der Waals surface area contributed by atoms with Gasteiger partial charge in [0.05, 0.1) is 12.8 Å². The van der Waals surface area contributed by atoms with Gasteiger partial charge < -0.3 is 9.52 Å². The zero-order valence-electron chi connectivity index (χ0n) is 9.15. The van der Waals surface area contributed by atoms with Crippen molar-refractivity contribution in [3.05, 3.63) is 24.2 Å². The fourth-order valence-corrected chi connectivity index (χ4v) is 1.71. The molecule has 3 nitrogen and oxygen atoms in total. The molecule has 0 aliphatic heterocycles. The number of furan rings is 1. The molecule has 0 aromatic carbocycles. The summed E-state index contributed by atoms with van der Waals surface area (Å²) in [6.07, 6.45) is -3.61. The number of aliphatic hydroxyl groups is 1. The number of hydrogen-bond donors (Lipinski definition) is 1. The first-order valence-corrected chi connectivity index (χ1v) is 5.48. The summed E-state index contributed by atoms with van der Waals surface area (Å²) in [5.41, 5.74) is 0. The molecule has 1 saturated carbocycles. The maximum atomic E-state index is 12.3. The zero-order chi connectivity index (χ0) is 12.5. The average Bonchev–Trinajstić information content (AvgIpc) is 2.95. The van der Waals surface area contributed by atoms with Gasteiger partial charge >= 0.3 is 6.18 Å². The monoisotopic (exact) mass is 249 g/mol. The summed E-state index contributed by atoms with van der Waals surface area (Å²) in [4.78, 5) is 1.62. The van der Waals surface area contributed by atoms with Crippen molar-refractivity contribution in [2.75, 3.05) is 6.54 Å². The van der Waals surface area contributed by atoms with Gasteiger partial charge in [-0.1, -0.05) is 0 Å². The predicted octanol–water partition coefficient (Wildman–Crippen LogP) is 2.17. The molecular formula is C11H14F3NO2. The highest BCUT2D eigenvalue weighted by Gasteiger charge is 2.41. The highest BCUT2D eigenvalue weighted by atomic mass is 19.4. The van der Waals surface area contributed by atoms with Crippen molar-refractivity contribution < 1.29 is 22.7 Å². The molecule has 1 aliphatic carbocycles.